The molecule has 0 amide bonds. The van der Waals surface area contributed by atoms with Crippen molar-refractivity contribution in [1.29, 1.82) is 0 Å². The molecule has 0 aromatic carbocycles. The van der Waals surface area contributed by atoms with Crippen molar-refractivity contribution in [3.05, 3.63) is 71.3 Å². The molecule has 0 fully saturated rings. The normalized spacial score (nSPS) is 23.5. The van der Waals surface area contributed by atoms with Crippen molar-refractivity contribution >= 4 is 22.8 Å². The lowest BCUT2D eigenvalue weighted by Crippen LogP contribution is -2.35. The molecule has 3 aliphatic heterocycles. The zero-order chi connectivity index (χ0) is 23.1. The first-order valence-corrected chi connectivity index (χ1v) is 11.5. The number of rotatable bonds is 0. The van der Waals surface area contributed by atoms with Gasteiger partial charge >= 0.3 is 22.8 Å². The average Bonchev–Trinajstić information content (AvgIpc) is 3.53. The van der Waals surface area contributed by atoms with E-state index in [0.29, 0.717) is 0 Å². The van der Waals surface area contributed by atoms with Crippen molar-refractivity contribution in [1.82, 2.24) is 19.3 Å². The van der Waals surface area contributed by atoms with E-state index in [2.05, 4.69) is 114 Å². The second-order valence-electron chi connectivity index (χ2n) is 11.5. The minimum Gasteiger partial charge on any atom is -0.361 e. The van der Waals surface area contributed by atoms with Gasteiger partial charge < -0.3 is 9.97 Å². The largest absolute Gasteiger partial charge is 0.361 e. The van der Waals surface area contributed by atoms with Gasteiger partial charge in [0.2, 0.25) is 0 Å². The molecule has 2 aromatic heterocycles. The first kappa shape index (κ1) is 20.8. The highest BCUT2D eigenvalue weighted by atomic mass is 14.8. The summed E-state index contributed by atoms with van der Waals surface area (Å²) in [5.74, 6) is 0. The molecule has 2 aromatic rings. The molecular formula is C28H34N4+2. The van der Waals surface area contributed by atoms with E-state index in [1.165, 1.54) is 22.8 Å². The van der Waals surface area contributed by atoms with Crippen molar-refractivity contribution in [2.24, 2.45) is 5.41 Å². The number of H-pyrrole nitrogens is 2. The third kappa shape index (κ3) is 2.77. The van der Waals surface area contributed by atoms with Crippen LogP contribution in [-0.4, -0.2) is 32.8 Å². The van der Waals surface area contributed by atoms with Gasteiger partial charge in [0.15, 0.2) is 5.41 Å². The number of fused-ring (bicyclic) bond motifs is 4. The van der Waals surface area contributed by atoms with Crippen LogP contribution in [0.3, 0.4) is 0 Å². The molecule has 0 atom stereocenters. The Morgan fingerprint density at radius 2 is 0.719 bits per heavy atom. The standard InChI is InChI=1S/C28H34N4/c1-25(2)17-9-11-19(29-17)26(3,4)21-13-15-23(31-21)28(7,8)24-16-14-22(32-24)27(5,6)20-12-10-18(25)30-20/h9-16,29-30H,1-8H3/q+2. The molecule has 0 saturated heterocycles. The van der Waals surface area contributed by atoms with Crippen molar-refractivity contribution in [3.63, 3.8) is 0 Å². The van der Waals surface area contributed by atoms with Crippen LogP contribution < -0.4 is 9.34 Å². The second-order valence-corrected chi connectivity index (χ2v) is 11.5. The Bertz CT molecular complexity index is 1230. The Morgan fingerprint density at radius 3 is 1.06 bits per heavy atom. The zero-order valence-electron chi connectivity index (χ0n) is 20.5. The summed E-state index contributed by atoms with van der Waals surface area (Å²) in [6, 6.07) is 8.87. The molecule has 8 bridgehead atoms. The summed E-state index contributed by atoms with van der Waals surface area (Å²) in [5.41, 5.74) is 8.10. The fourth-order valence-electron chi connectivity index (χ4n) is 4.92. The van der Waals surface area contributed by atoms with Crippen LogP contribution in [0.5, 0.6) is 0 Å². The summed E-state index contributed by atoms with van der Waals surface area (Å²) >= 11 is 0. The summed E-state index contributed by atoms with van der Waals surface area (Å²) in [6.45, 7) is 17.9. The van der Waals surface area contributed by atoms with E-state index in [1.54, 1.807) is 0 Å². The minimum atomic E-state index is -0.274. The van der Waals surface area contributed by atoms with Gasteiger partial charge in [0.05, 0.1) is 0 Å². The van der Waals surface area contributed by atoms with Gasteiger partial charge in [0.25, 0.3) is 0 Å². The molecule has 5 rings (SSSR count). The number of nitrogens with one attached hydrogen (secondary N) is 2. The monoisotopic (exact) mass is 426 g/mol. The summed E-state index contributed by atoms with van der Waals surface area (Å²) in [5, 5.41) is 0. The maximum absolute atomic E-state index is 5.13. The van der Waals surface area contributed by atoms with Gasteiger partial charge in [-0.25, -0.2) is 0 Å². The summed E-state index contributed by atoms with van der Waals surface area (Å²) < 4.78 is 10.3. The van der Waals surface area contributed by atoms with Crippen molar-refractivity contribution in [2.45, 2.75) is 71.6 Å². The zero-order valence-corrected chi connectivity index (χ0v) is 20.5. The molecular weight excluding hydrogens is 392 g/mol. The highest BCUT2D eigenvalue weighted by Crippen LogP contribution is 2.36. The van der Waals surface area contributed by atoms with Crippen LogP contribution in [0.25, 0.3) is 0 Å². The third-order valence-corrected chi connectivity index (χ3v) is 7.91. The third-order valence-electron chi connectivity index (χ3n) is 7.91. The molecule has 0 saturated carbocycles. The van der Waals surface area contributed by atoms with Gasteiger partial charge in [-0.3, -0.25) is 0 Å². The van der Waals surface area contributed by atoms with Crippen LogP contribution in [-0.2, 0) is 16.2 Å². The molecule has 4 heteroatoms. The number of aromatic amines is 2. The lowest BCUT2D eigenvalue weighted by Gasteiger charge is -2.24. The topological polar surface area (TPSA) is 59.8 Å². The van der Waals surface area contributed by atoms with Gasteiger partial charge in [0.1, 0.15) is 10.8 Å². The predicted octanol–water partition coefficient (Wildman–Crippen LogP) is 4.30. The molecule has 164 valence electrons. The van der Waals surface area contributed by atoms with E-state index in [4.69, 9.17) is 9.34 Å². The molecule has 4 nitrogen and oxygen atoms in total. The van der Waals surface area contributed by atoms with Gasteiger partial charge in [-0.1, -0.05) is 9.34 Å². The fraction of sp³-hybridized carbons (Fsp3) is 0.429. The molecule has 0 radical (unpaired) electrons. The second kappa shape index (κ2) is 6.25. The number of hydrogen-bond donors (Lipinski definition) is 2. The van der Waals surface area contributed by atoms with E-state index >= 15 is 0 Å². The SMILES string of the molecule is CC1(C)C2=[N+]=C(C=C2)C(C)(C)c2ccc([nH]2)C(C)(C)c2ccc([nH]2)C(C)(C)C2=[N+]=C1C=C2. The summed E-state index contributed by atoms with van der Waals surface area (Å²) in [7, 11) is 0. The summed E-state index contributed by atoms with van der Waals surface area (Å²) in [6.07, 6.45) is 8.68. The number of allylic oxidation sites excluding steroid dienone is 4. The highest BCUT2D eigenvalue weighted by Gasteiger charge is 2.50. The Hall–Kier alpha value is -3.06. The van der Waals surface area contributed by atoms with E-state index in [9.17, 15) is 0 Å². The summed E-state index contributed by atoms with van der Waals surface area (Å²) in [4.78, 5) is 7.49. The van der Waals surface area contributed by atoms with Crippen LogP contribution in [0.15, 0.2) is 48.6 Å². The number of aromatic nitrogens is 2. The lowest BCUT2D eigenvalue weighted by molar-refractivity contribution is 0.585. The molecule has 0 unspecified atom stereocenters. The van der Waals surface area contributed by atoms with Gasteiger partial charge in [-0.2, -0.15) is 0 Å². The first-order chi connectivity index (χ1) is 14.8. The van der Waals surface area contributed by atoms with Crippen LogP contribution in [0.1, 0.15) is 78.2 Å². The van der Waals surface area contributed by atoms with Gasteiger partial charge in [0, 0.05) is 52.5 Å². The quantitative estimate of drug-likeness (QED) is 0.590. The Kier molecular flexibility index (Phi) is 4.07. The molecule has 5 heterocycles. The first-order valence-electron chi connectivity index (χ1n) is 11.5. The van der Waals surface area contributed by atoms with E-state index in [1.807, 2.05) is 0 Å². The van der Waals surface area contributed by atoms with E-state index in [0.717, 1.165) is 22.8 Å². The number of hydrogen-bond acceptors (Lipinski definition) is 0. The van der Waals surface area contributed by atoms with Crippen molar-refractivity contribution in [2.75, 3.05) is 0 Å². The molecule has 3 aliphatic rings. The maximum Gasteiger partial charge on any atom is 0.321 e. The van der Waals surface area contributed by atoms with Crippen molar-refractivity contribution in [3.8, 4) is 0 Å². The molecule has 0 aliphatic carbocycles. The molecule has 0 spiro atoms. The lowest BCUT2D eigenvalue weighted by atomic mass is 9.82. The van der Waals surface area contributed by atoms with E-state index < -0.39 is 0 Å². The van der Waals surface area contributed by atoms with Crippen molar-refractivity contribution < 1.29 is 0 Å². The van der Waals surface area contributed by atoms with Crippen LogP contribution >= 0.6 is 0 Å². The average molecular weight is 427 g/mol. The smallest absolute Gasteiger partial charge is 0.321 e. The predicted molar refractivity (Wildman–Crippen MR) is 136 cm³/mol. The Balaban J connectivity index is 1.80. The molecule has 32 heavy (non-hydrogen) atoms. The number of nitrogens with zero attached hydrogens (tertiary/aromatic N) is 2. The maximum atomic E-state index is 5.13. The fourth-order valence-corrected chi connectivity index (χ4v) is 4.92. The van der Waals surface area contributed by atoms with Gasteiger partial charge in [-0.05, 0) is 79.7 Å². The minimum absolute atomic E-state index is 0.184. The Morgan fingerprint density at radius 1 is 0.438 bits per heavy atom. The van der Waals surface area contributed by atoms with E-state index in [-0.39, 0.29) is 21.7 Å². The van der Waals surface area contributed by atoms with Crippen LogP contribution in [0.4, 0.5) is 0 Å². The Labute approximate surface area is 190 Å². The van der Waals surface area contributed by atoms with Gasteiger partial charge in [-0.15, -0.1) is 0 Å². The highest BCUT2D eigenvalue weighted by molar-refractivity contribution is 6.27. The van der Waals surface area contributed by atoms with Crippen LogP contribution in [0, 0.1) is 5.41 Å². The van der Waals surface area contributed by atoms with Crippen LogP contribution in [0.2, 0.25) is 0 Å². The molecule has 2 N–H and O–H groups in total.